The summed E-state index contributed by atoms with van der Waals surface area (Å²) in [5, 5.41) is 0.617. The highest BCUT2D eigenvalue weighted by molar-refractivity contribution is 6.30. The molecule has 2 aliphatic rings. The summed E-state index contributed by atoms with van der Waals surface area (Å²) in [5.41, 5.74) is 5.30. The van der Waals surface area contributed by atoms with E-state index in [1.165, 1.54) is 12.1 Å². The molecule has 4 rings (SSSR count). The van der Waals surface area contributed by atoms with Crippen molar-refractivity contribution >= 4 is 23.4 Å². The number of rotatable bonds is 7. The number of nitrogens with zero attached hydrogens (tertiary/aromatic N) is 1. The van der Waals surface area contributed by atoms with Gasteiger partial charge in [0.15, 0.2) is 0 Å². The van der Waals surface area contributed by atoms with Gasteiger partial charge in [-0.15, -0.1) is 0 Å². The number of ether oxygens (including phenoxy) is 1. The Morgan fingerprint density at radius 1 is 1.00 bits per heavy atom. The Hall–Kier alpha value is -2.60. The van der Waals surface area contributed by atoms with E-state index in [0.717, 1.165) is 44.1 Å². The number of carbonyl (C=O) groups excluding carboxylic acids is 2. The molecule has 1 aliphatic heterocycles. The van der Waals surface area contributed by atoms with Crippen LogP contribution in [0.5, 0.6) is 5.75 Å². The molecule has 2 aromatic rings. The number of nitrogens with two attached hydrogens (primary N) is 1. The summed E-state index contributed by atoms with van der Waals surface area (Å²) in [7, 11) is 0. The molecule has 1 saturated heterocycles. The highest BCUT2D eigenvalue weighted by Gasteiger charge is 2.48. The summed E-state index contributed by atoms with van der Waals surface area (Å²) >= 11 is 5.96. The van der Waals surface area contributed by atoms with Crippen LogP contribution in [0, 0.1) is 11.2 Å². The Morgan fingerprint density at radius 3 is 2.30 bits per heavy atom. The highest BCUT2D eigenvalue weighted by Crippen LogP contribution is 2.44. The van der Waals surface area contributed by atoms with E-state index in [9.17, 15) is 14.0 Å². The molecule has 7 heteroatoms. The minimum atomic E-state index is -0.638. The van der Waals surface area contributed by atoms with Crippen molar-refractivity contribution in [1.29, 1.82) is 0 Å². The zero-order valence-electron chi connectivity index (χ0n) is 18.7. The van der Waals surface area contributed by atoms with E-state index in [1.54, 1.807) is 36.4 Å². The van der Waals surface area contributed by atoms with Gasteiger partial charge in [0, 0.05) is 29.9 Å². The average molecular weight is 473 g/mol. The number of benzene rings is 2. The number of carbonyl (C=O) groups is 2. The van der Waals surface area contributed by atoms with Crippen LogP contribution >= 0.6 is 11.6 Å². The fourth-order valence-electron chi connectivity index (χ4n) is 5.51. The third-order valence-corrected chi connectivity index (χ3v) is 7.37. The molecule has 1 saturated carbocycles. The summed E-state index contributed by atoms with van der Waals surface area (Å²) in [5.74, 6) is 0.00665. The Balaban J connectivity index is 1.56. The molecule has 2 amide bonds. The van der Waals surface area contributed by atoms with Gasteiger partial charge in [-0.3, -0.25) is 9.59 Å². The summed E-state index contributed by atoms with van der Waals surface area (Å²) in [6, 6.07) is 13.4. The molecular formula is C26H30ClFN2O3. The van der Waals surface area contributed by atoms with E-state index < -0.39 is 16.7 Å². The lowest BCUT2D eigenvalue weighted by molar-refractivity contribution is -0.143. The number of piperidine rings is 1. The summed E-state index contributed by atoms with van der Waals surface area (Å²) < 4.78 is 19.6. The average Bonchev–Trinajstić information content (AvgIpc) is 3.29. The molecule has 5 nitrogen and oxygen atoms in total. The monoisotopic (exact) mass is 472 g/mol. The van der Waals surface area contributed by atoms with Crippen LogP contribution in [-0.2, 0) is 15.0 Å². The number of hydrogen-bond donors (Lipinski definition) is 1. The van der Waals surface area contributed by atoms with Crippen molar-refractivity contribution in [3.8, 4) is 5.75 Å². The van der Waals surface area contributed by atoms with Gasteiger partial charge in [-0.2, -0.15) is 0 Å². The lowest BCUT2D eigenvalue weighted by Crippen LogP contribution is -2.54. The Labute approximate surface area is 199 Å². The first-order valence-electron chi connectivity index (χ1n) is 11.5. The van der Waals surface area contributed by atoms with E-state index in [-0.39, 0.29) is 24.8 Å². The fourth-order valence-corrected chi connectivity index (χ4v) is 5.63. The van der Waals surface area contributed by atoms with Crippen LogP contribution in [-0.4, -0.2) is 36.4 Å². The van der Waals surface area contributed by atoms with Gasteiger partial charge >= 0.3 is 0 Å². The van der Waals surface area contributed by atoms with Crippen LogP contribution in [0.4, 0.5) is 4.39 Å². The molecule has 0 aromatic heterocycles. The molecule has 0 bridgehead atoms. The predicted molar refractivity (Wildman–Crippen MR) is 126 cm³/mol. The quantitative estimate of drug-likeness (QED) is 0.625. The maximum Gasteiger partial charge on any atom is 0.233 e. The van der Waals surface area contributed by atoms with E-state index in [0.29, 0.717) is 23.9 Å². The van der Waals surface area contributed by atoms with Crippen molar-refractivity contribution in [2.75, 3.05) is 19.7 Å². The second-order valence-electron chi connectivity index (χ2n) is 9.51. The number of likely N-dealkylation sites (tertiary alicyclic amines) is 1. The van der Waals surface area contributed by atoms with E-state index in [1.807, 2.05) is 4.90 Å². The van der Waals surface area contributed by atoms with Gasteiger partial charge in [-0.25, -0.2) is 4.39 Å². The van der Waals surface area contributed by atoms with Crippen molar-refractivity contribution in [2.24, 2.45) is 11.1 Å². The molecule has 0 spiro atoms. The summed E-state index contributed by atoms with van der Waals surface area (Å²) in [6.45, 7) is 1.32. The van der Waals surface area contributed by atoms with Gasteiger partial charge in [0.2, 0.25) is 11.8 Å². The van der Waals surface area contributed by atoms with E-state index in [2.05, 4.69) is 0 Å². The third kappa shape index (κ3) is 5.16. The van der Waals surface area contributed by atoms with Crippen molar-refractivity contribution < 1.29 is 18.7 Å². The SMILES string of the molecule is NC(=O)C[C@@]1(COc2ccc(Cl)cc2)CCCN(C(=O)C2(c3ccc(F)cc3)CCCC2)C1. The standard InChI is InChI=1S/C26H30ClFN2O3/c27-20-6-10-22(11-7-20)33-18-25(16-23(29)31)12-3-15-30(17-25)24(32)26(13-1-2-14-26)19-4-8-21(28)9-5-19/h4-11H,1-3,12-18H2,(H2,29,31)/t25-/m0/s1. The van der Waals surface area contributed by atoms with E-state index >= 15 is 0 Å². The van der Waals surface area contributed by atoms with Gasteiger partial charge in [-0.05, 0) is 67.6 Å². The normalized spacial score (nSPS) is 22.2. The molecule has 2 N–H and O–H groups in total. The number of primary amides is 1. The highest BCUT2D eigenvalue weighted by atomic mass is 35.5. The second-order valence-corrected chi connectivity index (χ2v) is 9.95. The van der Waals surface area contributed by atoms with Crippen molar-refractivity contribution in [1.82, 2.24) is 4.90 Å². The first-order chi connectivity index (χ1) is 15.8. The largest absolute Gasteiger partial charge is 0.493 e. The molecule has 2 fully saturated rings. The minimum absolute atomic E-state index is 0.0617. The van der Waals surface area contributed by atoms with Gasteiger partial charge in [0.1, 0.15) is 11.6 Å². The Kier molecular flexibility index (Phi) is 6.94. The van der Waals surface area contributed by atoms with Crippen LogP contribution in [0.3, 0.4) is 0 Å². The lowest BCUT2D eigenvalue weighted by atomic mass is 9.74. The predicted octanol–water partition coefficient (Wildman–Crippen LogP) is 4.85. The first kappa shape index (κ1) is 23.6. The smallest absolute Gasteiger partial charge is 0.233 e. The molecule has 0 radical (unpaired) electrons. The maximum absolute atomic E-state index is 14.0. The molecule has 2 aromatic carbocycles. The Bertz CT molecular complexity index is 990. The Morgan fingerprint density at radius 2 is 1.67 bits per heavy atom. The van der Waals surface area contributed by atoms with E-state index in [4.69, 9.17) is 22.1 Å². The van der Waals surface area contributed by atoms with Crippen molar-refractivity contribution in [3.05, 3.63) is 64.9 Å². The molecule has 1 atom stereocenters. The fraction of sp³-hybridized carbons (Fsp3) is 0.462. The zero-order valence-corrected chi connectivity index (χ0v) is 19.5. The molecule has 0 unspecified atom stereocenters. The van der Waals surface area contributed by atoms with Crippen LogP contribution in [0.2, 0.25) is 5.02 Å². The van der Waals surface area contributed by atoms with Crippen LogP contribution in [0.25, 0.3) is 0 Å². The topological polar surface area (TPSA) is 72.6 Å². The number of amides is 2. The lowest BCUT2D eigenvalue weighted by Gasteiger charge is -2.45. The van der Waals surface area contributed by atoms with Gasteiger partial charge in [0.25, 0.3) is 0 Å². The van der Waals surface area contributed by atoms with Crippen LogP contribution < -0.4 is 10.5 Å². The molecular weight excluding hydrogens is 443 g/mol. The number of halogens is 2. The maximum atomic E-state index is 14.0. The summed E-state index contributed by atoms with van der Waals surface area (Å²) in [4.78, 5) is 27.8. The van der Waals surface area contributed by atoms with Gasteiger partial charge < -0.3 is 15.4 Å². The first-order valence-corrected chi connectivity index (χ1v) is 11.9. The molecule has 1 aliphatic carbocycles. The summed E-state index contributed by atoms with van der Waals surface area (Å²) in [6.07, 6.45) is 5.08. The van der Waals surface area contributed by atoms with Crippen molar-refractivity contribution in [2.45, 2.75) is 50.4 Å². The third-order valence-electron chi connectivity index (χ3n) is 7.12. The second kappa shape index (κ2) is 9.72. The molecule has 1 heterocycles. The molecule has 176 valence electrons. The van der Waals surface area contributed by atoms with Gasteiger partial charge in [0.05, 0.1) is 12.0 Å². The number of hydrogen-bond acceptors (Lipinski definition) is 3. The van der Waals surface area contributed by atoms with Crippen LogP contribution in [0.1, 0.15) is 50.5 Å². The van der Waals surface area contributed by atoms with Crippen molar-refractivity contribution in [3.63, 3.8) is 0 Å². The zero-order chi connectivity index (χ0) is 23.5. The molecule has 33 heavy (non-hydrogen) atoms. The van der Waals surface area contributed by atoms with Crippen LogP contribution in [0.15, 0.2) is 48.5 Å². The van der Waals surface area contributed by atoms with Gasteiger partial charge in [-0.1, -0.05) is 36.6 Å². The minimum Gasteiger partial charge on any atom is -0.493 e.